The minimum absolute atomic E-state index is 0.0774. The summed E-state index contributed by atoms with van der Waals surface area (Å²) in [4.78, 5) is 23.2. The number of hydrogen-bond donors (Lipinski definition) is 2. The SMILES string of the molecule is Cc1cc(C(=O)Nc2cc(C(=O)O)cc(S(C)(=O)=O)c2)c(C)o1. The summed E-state index contributed by atoms with van der Waals surface area (Å²) in [5, 5.41) is 11.6. The van der Waals surface area contributed by atoms with Gasteiger partial charge in [-0.1, -0.05) is 0 Å². The van der Waals surface area contributed by atoms with E-state index in [0.29, 0.717) is 17.1 Å². The molecule has 0 spiro atoms. The Labute approximate surface area is 132 Å². The fraction of sp³-hybridized carbons (Fsp3) is 0.200. The lowest BCUT2D eigenvalue weighted by atomic mass is 10.2. The van der Waals surface area contributed by atoms with E-state index in [0.717, 1.165) is 12.3 Å². The number of sulfone groups is 1. The molecule has 0 fully saturated rings. The van der Waals surface area contributed by atoms with Crippen LogP contribution in [0.25, 0.3) is 0 Å². The Kier molecular flexibility index (Phi) is 4.28. The van der Waals surface area contributed by atoms with Gasteiger partial charge in [0.05, 0.1) is 16.0 Å². The summed E-state index contributed by atoms with van der Waals surface area (Å²) in [6.45, 7) is 3.31. The van der Waals surface area contributed by atoms with Gasteiger partial charge in [0.2, 0.25) is 0 Å². The summed E-state index contributed by atoms with van der Waals surface area (Å²) in [6, 6.07) is 4.99. The number of rotatable bonds is 4. The van der Waals surface area contributed by atoms with Crippen molar-refractivity contribution < 1.29 is 27.5 Å². The number of anilines is 1. The van der Waals surface area contributed by atoms with Gasteiger partial charge in [0.25, 0.3) is 5.91 Å². The molecule has 0 unspecified atom stereocenters. The molecule has 122 valence electrons. The van der Waals surface area contributed by atoms with Crippen LogP contribution in [0.15, 0.2) is 33.6 Å². The van der Waals surface area contributed by atoms with Crippen LogP contribution in [0.2, 0.25) is 0 Å². The van der Waals surface area contributed by atoms with Gasteiger partial charge in [-0.05, 0) is 38.1 Å². The molecule has 0 aliphatic carbocycles. The number of hydrogen-bond acceptors (Lipinski definition) is 5. The van der Waals surface area contributed by atoms with Crippen molar-refractivity contribution in [2.24, 2.45) is 0 Å². The molecule has 0 atom stereocenters. The first-order valence-corrected chi connectivity index (χ1v) is 8.44. The van der Waals surface area contributed by atoms with Crippen LogP contribution in [0.3, 0.4) is 0 Å². The lowest BCUT2D eigenvalue weighted by Crippen LogP contribution is -2.13. The van der Waals surface area contributed by atoms with E-state index < -0.39 is 21.7 Å². The van der Waals surface area contributed by atoms with E-state index in [4.69, 9.17) is 9.52 Å². The van der Waals surface area contributed by atoms with Gasteiger partial charge in [0, 0.05) is 11.9 Å². The maximum atomic E-state index is 12.2. The normalized spacial score (nSPS) is 11.3. The lowest BCUT2D eigenvalue weighted by Gasteiger charge is -2.08. The van der Waals surface area contributed by atoms with Crippen molar-refractivity contribution in [3.8, 4) is 0 Å². The molecule has 0 aliphatic heterocycles. The lowest BCUT2D eigenvalue weighted by molar-refractivity contribution is 0.0696. The topological polar surface area (TPSA) is 114 Å². The largest absolute Gasteiger partial charge is 0.478 e. The molecular weight excluding hydrogens is 322 g/mol. The summed E-state index contributed by atoms with van der Waals surface area (Å²) in [6.07, 6.45) is 0.961. The van der Waals surface area contributed by atoms with Crippen molar-refractivity contribution in [1.82, 2.24) is 0 Å². The first kappa shape index (κ1) is 16.8. The van der Waals surface area contributed by atoms with Crippen LogP contribution in [0.5, 0.6) is 0 Å². The first-order valence-electron chi connectivity index (χ1n) is 6.55. The van der Waals surface area contributed by atoms with Crippen LogP contribution >= 0.6 is 0 Å². The molecule has 23 heavy (non-hydrogen) atoms. The average molecular weight is 337 g/mol. The second kappa shape index (κ2) is 5.88. The number of amides is 1. The smallest absolute Gasteiger partial charge is 0.335 e. The number of carbonyl (C=O) groups is 2. The van der Waals surface area contributed by atoms with Crippen molar-refractivity contribution in [3.63, 3.8) is 0 Å². The maximum Gasteiger partial charge on any atom is 0.335 e. The predicted octanol–water partition coefficient (Wildman–Crippen LogP) is 2.25. The van der Waals surface area contributed by atoms with Gasteiger partial charge in [0.15, 0.2) is 9.84 Å². The summed E-state index contributed by atoms with van der Waals surface area (Å²) in [7, 11) is -3.62. The Bertz CT molecular complexity index is 895. The summed E-state index contributed by atoms with van der Waals surface area (Å²) >= 11 is 0. The number of benzene rings is 1. The van der Waals surface area contributed by atoms with Gasteiger partial charge < -0.3 is 14.8 Å². The third kappa shape index (κ3) is 3.78. The van der Waals surface area contributed by atoms with Gasteiger partial charge >= 0.3 is 5.97 Å². The van der Waals surface area contributed by atoms with Gasteiger partial charge in [-0.25, -0.2) is 13.2 Å². The molecule has 0 saturated heterocycles. The van der Waals surface area contributed by atoms with E-state index in [1.54, 1.807) is 19.9 Å². The van der Waals surface area contributed by atoms with E-state index in [2.05, 4.69) is 5.32 Å². The van der Waals surface area contributed by atoms with Crippen molar-refractivity contribution in [1.29, 1.82) is 0 Å². The number of nitrogens with one attached hydrogen (secondary N) is 1. The highest BCUT2D eigenvalue weighted by atomic mass is 32.2. The van der Waals surface area contributed by atoms with E-state index in [1.165, 1.54) is 12.1 Å². The maximum absolute atomic E-state index is 12.2. The zero-order chi connectivity index (χ0) is 17.4. The first-order chi connectivity index (χ1) is 10.6. The fourth-order valence-corrected chi connectivity index (χ4v) is 2.75. The third-order valence-corrected chi connectivity index (χ3v) is 4.22. The molecule has 2 rings (SSSR count). The quantitative estimate of drug-likeness (QED) is 0.884. The van der Waals surface area contributed by atoms with Crippen LogP contribution in [0, 0.1) is 13.8 Å². The van der Waals surface area contributed by atoms with E-state index in [-0.39, 0.29) is 16.1 Å². The highest BCUT2D eigenvalue weighted by molar-refractivity contribution is 7.90. The fourth-order valence-electron chi connectivity index (χ4n) is 2.06. The minimum Gasteiger partial charge on any atom is -0.478 e. The molecule has 1 heterocycles. The molecule has 1 aromatic heterocycles. The summed E-state index contributed by atoms with van der Waals surface area (Å²) < 4.78 is 28.6. The molecule has 0 aliphatic rings. The molecule has 2 aromatic rings. The second-order valence-electron chi connectivity index (χ2n) is 5.10. The number of carboxylic acids is 1. The van der Waals surface area contributed by atoms with Crippen molar-refractivity contribution >= 4 is 27.4 Å². The molecule has 2 N–H and O–H groups in total. The Morgan fingerprint density at radius 1 is 1.13 bits per heavy atom. The molecule has 1 amide bonds. The van der Waals surface area contributed by atoms with Gasteiger partial charge in [-0.2, -0.15) is 0 Å². The molecule has 8 heteroatoms. The number of carboxylic acid groups (broad SMARTS) is 1. The van der Waals surface area contributed by atoms with Crippen LogP contribution in [0.4, 0.5) is 5.69 Å². The zero-order valence-electron chi connectivity index (χ0n) is 12.7. The number of aryl methyl sites for hydroxylation is 2. The van der Waals surface area contributed by atoms with E-state index >= 15 is 0 Å². The highest BCUT2D eigenvalue weighted by Gasteiger charge is 2.17. The summed E-state index contributed by atoms with van der Waals surface area (Å²) in [5.41, 5.74) is 0.140. The number of aromatic carboxylic acids is 1. The number of furan rings is 1. The minimum atomic E-state index is -3.62. The Balaban J connectivity index is 2.43. The van der Waals surface area contributed by atoms with E-state index in [1.807, 2.05) is 0 Å². The monoisotopic (exact) mass is 337 g/mol. The number of carbonyl (C=O) groups excluding carboxylic acids is 1. The molecule has 0 radical (unpaired) electrons. The second-order valence-corrected chi connectivity index (χ2v) is 7.12. The molecular formula is C15H15NO6S. The van der Waals surface area contributed by atoms with Crippen LogP contribution < -0.4 is 5.32 Å². The highest BCUT2D eigenvalue weighted by Crippen LogP contribution is 2.21. The zero-order valence-corrected chi connectivity index (χ0v) is 13.5. The average Bonchev–Trinajstić information content (AvgIpc) is 2.76. The predicted molar refractivity (Wildman–Crippen MR) is 82.6 cm³/mol. The Morgan fingerprint density at radius 2 is 1.78 bits per heavy atom. The van der Waals surface area contributed by atoms with Crippen molar-refractivity contribution in [2.45, 2.75) is 18.7 Å². The summed E-state index contributed by atoms with van der Waals surface area (Å²) in [5.74, 6) is -0.829. The van der Waals surface area contributed by atoms with Crippen LogP contribution in [0.1, 0.15) is 32.2 Å². The van der Waals surface area contributed by atoms with Gasteiger partial charge in [0.1, 0.15) is 11.5 Å². The van der Waals surface area contributed by atoms with E-state index in [9.17, 15) is 18.0 Å². The molecule has 1 aromatic carbocycles. The molecule has 0 saturated carbocycles. The Morgan fingerprint density at radius 3 is 2.26 bits per heavy atom. The van der Waals surface area contributed by atoms with Crippen molar-refractivity contribution in [3.05, 3.63) is 46.9 Å². The van der Waals surface area contributed by atoms with Gasteiger partial charge in [-0.3, -0.25) is 4.79 Å². The van der Waals surface area contributed by atoms with Gasteiger partial charge in [-0.15, -0.1) is 0 Å². The third-order valence-electron chi connectivity index (χ3n) is 3.13. The standard InChI is InChI=1S/C15H15NO6S/c1-8-4-13(9(2)22-8)14(17)16-11-5-10(15(18)19)6-12(7-11)23(3,20)21/h4-7H,1-3H3,(H,16,17)(H,18,19). The van der Waals surface area contributed by atoms with Crippen molar-refractivity contribution in [2.75, 3.05) is 11.6 Å². The van der Waals surface area contributed by atoms with Crippen LogP contribution in [-0.4, -0.2) is 31.7 Å². The molecule has 7 nitrogen and oxygen atoms in total. The molecule has 0 bridgehead atoms. The Hall–Kier alpha value is -2.61. The van der Waals surface area contributed by atoms with Crippen LogP contribution in [-0.2, 0) is 9.84 Å².